The number of amides is 1. The van der Waals surface area contributed by atoms with Crippen LogP contribution in [0.3, 0.4) is 0 Å². The number of hydrogen-bond donors (Lipinski definition) is 1. The first-order valence-electron chi connectivity index (χ1n) is 8.62. The molecule has 2 rings (SSSR count). The van der Waals surface area contributed by atoms with Crippen LogP contribution in [-0.4, -0.2) is 42.5 Å². The zero-order chi connectivity index (χ0) is 18.9. The van der Waals surface area contributed by atoms with E-state index in [2.05, 4.69) is 39.9 Å². The molecule has 0 bridgehead atoms. The second-order valence-corrected chi connectivity index (χ2v) is 13.0. The van der Waals surface area contributed by atoms with Gasteiger partial charge < -0.3 is 14.4 Å². The molecule has 1 amide bonds. The van der Waals surface area contributed by atoms with Crippen LogP contribution < -0.4 is 0 Å². The number of hydrogen-bond acceptors (Lipinski definition) is 4. The molecular formula is C19H28N2O3Si. The Morgan fingerprint density at radius 2 is 1.96 bits per heavy atom. The van der Waals surface area contributed by atoms with E-state index >= 15 is 0 Å². The zero-order valence-electron chi connectivity index (χ0n) is 15.7. The van der Waals surface area contributed by atoms with Gasteiger partial charge in [-0.25, -0.2) is 0 Å². The molecule has 1 aliphatic rings. The summed E-state index contributed by atoms with van der Waals surface area (Å²) in [5, 5.41) is 19.9. The molecule has 0 spiro atoms. The predicted octanol–water partition coefficient (Wildman–Crippen LogP) is 3.06. The van der Waals surface area contributed by atoms with Gasteiger partial charge in [0.05, 0.1) is 25.2 Å². The maximum atomic E-state index is 12.7. The number of rotatable bonds is 5. The first-order valence-corrected chi connectivity index (χ1v) is 11.5. The summed E-state index contributed by atoms with van der Waals surface area (Å²) in [5.74, 6) is -0.150. The topological polar surface area (TPSA) is 73.6 Å². The van der Waals surface area contributed by atoms with Gasteiger partial charge in [-0.05, 0) is 23.7 Å². The van der Waals surface area contributed by atoms with Gasteiger partial charge in [-0.1, -0.05) is 51.1 Å². The molecule has 1 N–H and O–H groups in total. The Morgan fingerprint density at radius 3 is 2.44 bits per heavy atom. The monoisotopic (exact) mass is 360 g/mol. The quantitative estimate of drug-likeness (QED) is 0.819. The SMILES string of the molecule is CC(C)(C)[Si](C)(C)O[C@H]1CC(=O)N(Cc2ccccc2)C1(C#N)CO. The number of aliphatic hydroxyl groups excluding tert-OH is 1. The molecule has 0 saturated carbocycles. The predicted molar refractivity (Wildman–Crippen MR) is 99.1 cm³/mol. The van der Waals surface area contributed by atoms with Gasteiger partial charge in [0.1, 0.15) is 0 Å². The maximum absolute atomic E-state index is 12.7. The summed E-state index contributed by atoms with van der Waals surface area (Å²) in [6.45, 7) is 10.4. The van der Waals surface area contributed by atoms with Crippen molar-refractivity contribution in [1.29, 1.82) is 5.26 Å². The highest BCUT2D eigenvalue weighted by Crippen LogP contribution is 2.42. The van der Waals surface area contributed by atoms with Gasteiger partial charge in [-0.3, -0.25) is 4.79 Å². The summed E-state index contributed by atoms with van der Waals surface area (Å²) >= 11 is 0. The van der Waals surface area contributed by atoms with Gasteiger partial charge in [-0.2, -0.15) is 5.26 Å². The summed E-state index contributed by atoms with van der Waals surface area (Å²) in [7, 11) is -2.18. The van der Waals surface area contributed by atoms with Crippen molar-refractivity contribution in [2.75, 3.05) is 6.61 Å². The molecule has 1 saturated heterocycles. The first-order chi connectivity index (χ1) is 11.6. The molecule has 1 aromatic carbocycles. The minimum absolute atomic E-state index is 0.0421. The van der Waals surface area contributed by atoms with Crippen molar-refractivity contribution in [2.45, 2.75) is 63.5 Å². The molecule has 1 aromatic rings. The van der Waals surface area contributed by atoms with Gasteiger partial charge in [0.25, 0.3) is 0 Å². The number of carbonyl (C=O) groups is 1. The summed E-state index contributed by atoms with van der Waals surface area (Å²) in [6, 6.07) is 11.7. The summed E-state index contributed by atoms with van der Waals surface area (Å²) < 4.78 is 6.39. The van der Waals surface area contributed by atoms with Crippen molar-refractivity contribution >= 4 is 14.2 Å². The number of benzene rings is 1. The average Bonchev–Trinajstić information content (AvgIpc) is 2.79. The molecule has 1 unspecified atom stereocenters. The molecule has 136 valence electrons. The number of aliphatic hydroxyl groups is 1. The van der Waals surface area contributed by atoms with Gasteiger partial charge in [0, 0.05) is 6.54 Å². The normalized spacial score (nSPS) is 24.4. The molecule has 0 radical (unpaired) electrons. The van der Waals surface area contributed by atoms with E-state index in [0.717, 1.165) is 5.56 Å². The van der Waals surface area contributed by atoms with Crippen molar-refractivity contribution in [3.8, 4) is 6.07 Å². The Hall–Kier alpha value is -1.68. The molecule has 1 aliphatic heterocycles. The number of carbonyl (C=O) groups excluding carboxylic acids is 1. The fraction of sp³-hybridized carbons (Fsp3) is 0.579. The molecular weight excluding hydrogens is 332 g/mol. The van der Waals surface area contributed by atoms with E-state index < -0.39 is 26.6 Å². The van der Waals surface area contributed by atoms with Crippen molar-refractivity contribution in [3.05, 3.63) is 35.9 Å². The third kappa shape index (κ3) is 3.64. The van der Waals surface area contributed by atoms with Crippen LogP contribution in [0, 0.1) is 11.3 Å². The largest absolute Gasteiger partial charge is 0.410 e. The summed E-state index contributed by atoms with van der Waals surface area (Å²) in [4.78, 5) is 14.1. The van der Waals surface area contributed by atoms with Gasteiger partial charge >= 0.3 is 0 Å². The molecule has 0 aromatic heterocycles. The van der Waals surface area contributed by atoms with Crippen LogP contribution in [0.15, 0.2) is 30.3 Å². The van der Waals surface area contributed by atoms with Crippen molar-refractivity contribution in [2.24, 2.45) is 0 Å². The second-order valence-electron chi connectivity index (χ2n) is 8.23. The zero-order valence-corrected chi connectivity index (χ0v) is 16.7. The molecule has 1 fully saturated rings. The van der Waals surface area contributed by atoms with E-state index in [9.17, 15) is 15.2 Å². The molecule has 25 heavy (non-hydrogen) atoms. The van der Waals surface area contributed by atoms with E-state index in [1.54, 1.807) is 0 Å². The lowest BCUT2D eigenvalue weighted by Gasteiger charge is -2.42. The van der Waals surface area contributed by atoms with Crippen LogP contribution in [0.2, 0.25) is 18.1 Å². The van der Waals surface area contributed by atoms with Crippen LogP contribution in [0.25, 0.3) is 0 Å². The van der Waals surface area contributed by atoms with Crippen molar-refractivity contribution in [1.82, 2.24) is 4.90 Å². The molecule has 5 nitrogen and oxygen atoms in total. The Balaban J connectivity index is 2.34. The van der Waals surface area contributed by atoms with E-state index in [1.807, 2.05) is 30.3 Å². The van der Waals surface area contributed by atoms with E-state index in [-0.39, 0.29) is 17.4 Å². The van der Waals surface area contributed by atoms with Crippen molar-refractivity contribution in [3.63, 3.8) is 0 Å². The third-order valence-corrected chi connectivity index (χ3v) is 10.0. The standard InChI is InChI=1S/C19H28N2O3Si/c1-18(2,3)25(4,5)24-16-11-17(23)21(19(16,13-20)14-22)12-15-9-7-6-8-10-15/h6-10,16,22H,11-12,14H2,1-5H3/t16-,19?/m0/s1. The smallest absolute Gasteiger partial charge is 0.227 e. The Morgan fingerprint density at radius 1 is 1.36 bits per heavy atom. The summed E-state index contributed by atoms with van der Waals surface area (Å²) in [5.41, 5.74) is -0.403. The Labute approximate surface area is 151 Å². The minimum Gasteiger partial charge on any atom is -0.410 e. The lowest BCUT2D eigenvalue weighted by Crippen LogP contribution is -2.57. The minimum atomic E-state index is -2.18. The van der Waals surface area contributed by atoms with Crippen LogP contribution in [0.4, 0.5) is 0 Å². The maximum Gasteiger partial charge on any atom is 0.227 e. The van der Waals surface area contributed by atoms with E-state index in [1.165, 1.54) is 4.90 Å². The number of likely N-dealkylation sites (tertiary alicyclic amines) is 1. The lowest BCUT2D eigenvalue weighted by molar-refractivity contribution is -0.131. The molecule has 0 aliphatic carbocycles. The highest BCUT2D eigenvalue weighted by Gasteiger charge is 2.56. The van der Waals surface area contributed by atoms with Crippen LogP contribution in [-0.2, 0) is 15.8 Å². The fourth-order valence-corrected chi connectivity index (χ4v) is 4.20. The highest BCUT2D eigenvalue weighted by atomic mass is 28.4. The number of nitrogens with zero attached hydrogens (tertiary/aromatic N) is 2. The van der Waals surface area contributed by atoms with Crippen LogP contribution in [0.5, 0.6) is 0 Å². The molecule has 2 atom stereocenters. The van der Waals surface area contributed by atoms with Crippen LogP contribution in [0.1, 0.15) is 32.8 Å². The third-order valence-electron chi connectivity index (χ3n) is 5.54. The lowest BCUT2D eigenvalue weighted by atomic mass is 9.96. The first kappa shape index (κ1) is 19.6. The van der Waals surface area contributed by atoms with Gasteiger partial charge in [-0.15, -0.1) is 0 Å². The Kier molecular flexibility index (Phi) is 5.43. The average molecular weight is 361 g/mol. The Bertz CT molecular complexity index is 663. The van der Waals surface area contributed by atoms with E-state index in [4.69, 9.17) is 4.43 Å². The highest BCUT2D eigenvalue weighted by molar-refractivity contribution is 6.74. The van der Waals surface area contributed by atoms with Crippen LogP contribution >= 0.6 is 0 Å². The summed E-state index contributed by atoms with van der Waals surface area (Å²) in [6.07, 6.45) is -0.479. The van der Waals surface area contributed by atoms with Gasteiger partial charge in [0.2, 0.25) is 5.91 Å². The number of nitriles is 1. The van der Waals surface area contributed by atoms with Crippen molar-refractivity contribution < 1.29 is 14.3 Å². The molecule has 6 heteroatoms. The fourth-order valence-electron chi connectivity index (χ4n) is 2.86. The van der Waals surface area contributed by atoms with E-state index in [0.29, 0.717) is 6.54 Å². The molecule has 1 heterocycles. The second kappa shape index (κ2) is 6.91. The van der Waals surface area contributed by atoms with Gasteiger partial charge in [0.15, 0.2) is 13.9 Å².